The maximum Gasteiger partial charge on any atom is 0.230 e. The number of carbonyl (C=O) groups is 1. The highest BCUT2D eigenvalue weighted by Crippen LogP contribution is 2.34. The first-order valence-electron chi connectivity index (χ1n) is 7.38. The summed E-state index contributed by atoms with van der Waals surface area (Å²) in [5, 5.41) is 3.81. The number of anilines is 1. The molecule has 0 atom stereocenters. The minimum absolute atomic E-state index is 0.136. The lowest BCUT2D eigenvalue weighted by Crippen LogP contribution is -2.28. The first-order chi connectivity index (χ1) is 11.3. The molecule has 0 aliphatic carbocycles. The van der Waals surface area contributed by atoms with Crippen molar-refractivity contribution in [2.75, 3.05) is 5.32 Å². The molecule has 2 aromatic heterocycles. The van der Waals surface area contributed by atoms with E-state index in [2.05, 4.69) is 20.3 Å². The molecule has 0 saturated carbocycles. The summed E-state index contributed by atoms with van der Waals surface area (Å²) < 4.78 is 0. The second-order valence-corrected chi connectivity index (χ2v) is 7.26. The lowest BCUT2D eigenvalue weighted by atomic mass is 9.96. The fraction of sp³-hybridized carbons (Fsp3) is 0.235. The Balaban J connectivity index is 2.10. The van der Waals surface area contributed by atoms with E-state index in [4.69, 9.17) is 23.2 Å². The Morgan fingerprint density at radius 3 is 2.46 bits per heavy atom. The Morgan fingerprint density at radius 1 is 1.17 bits per heavy atom. The number of aromatic amines is 1. The molecule has 24 heavy (non-hydrogen) atoms. The molecule has 1 aromatic carbocycles. The van der Waals surface area contributed by atoms with E-state index in [0.29, 0.717) is 32.8 Å². The molecule has 0 bridgehead atoms. The number of amides is 1. The van der Waals surface area contributed by atoms with Crippen molar-refractivity contribution in [3.05, 3.63) is 40.5 Å². The lowest BCUT2D eigenvalue weighted by molar-refractivity contribution is -0.123. The van der Waals surface area contributed by atoms with Crippen LogP contribution in [0, 0.1) is 5.41 Å². The summed E-state index contributed by atoms with van der Waals surface area (Å²) in [6.45, 7) is 5.51. The molecule has 0 spiro atoms. The van der Waals surface area contributed by atoms with E-state index in [-0.39, 0.29) is 5.91 Å². The van der Waals surface area contributed by atoms with Gasteiger partial charge in [-0.05, 0) is 18.2 Å². The highest BCUT2D eigenvalue weighted by molar-refractivity contribution is 6.39. The number of carbonyl (C=O) groups excluding carboxylic acids is 1. The SMILES string of the molecule is CC(C)(C)C(=O)Nc1nccc2[nH]c(-c3c(Cl)cccc3Cl)nc12. The van der Waals surface area contributed by atoms with Crippen LogP contribution in [0.1, 0.15) is 20.8 Å². The zero-order chi connectivity index (χ0) is 17.5. The van der Waals surface area contributed by atoms with Gasteiger partial charge in [-0.25, -0.2) is 9.97 Å². The number of nitrogens with one attached hydrogen (secondary N) is 2. The van der Waals surface area contributed by atoms with E-state index in [1.54, 1.807) is 30.5 Å². The van der Waals surface area contributed by atoms with Crippen molar-refractivity contribution < 1.29 is 4.79 Å². The van der Waals surface area contributed by atoms with Crippen LogP contribution in [-0.4, -0.2) is 20.9 Å². The van der Waals surface area contributed by atoms with Gasteiger partial charge in [0.1, 0.15) is 11.3 Å². The van der Waals surface area contributed by atoms with Crippen molar-refractivity contribution in [2.45, 2.75) is 20.8 Å². The van der Waals surface area contributed by atoms with Gasteiger partial charge in [0.2, 0.25) is 5.91 Å². The number of H-pyrrole nitrogens is 1. The van der Waals surface area contributed by atoms with E-state index in [0.717, 1.165) is 5.52 Å². The van der Waals surface area contributed by atoms with E-state index >= 15 is 0 Å². The van der Waals surface area contributed by atoms with Gasteiger partial charge >= 0.3 is 0 Å². The third-order valence-electron chi connectivity index (χ3n) is 3.51. The quantitative estimate of drug-likeness (QED) is 0.679. The average Bonchev–Trinajstić information content (AvgIpc) is 2.90. The van der Waals surface area contributed by atoms with Gasteiger partial charge in [-0.1, -0.05) is 50.0 Å². The molecule has 0 aliphatic heterocycles. The number of fused-ring (bicyclic) bond motifs is 1. The summed E-state index contributed by atoms with van der Waals surface area (Å²) >= 11 is 12.5. The predicted octanol–water partition coefficient (Wildman–Crippen LogP) is 4.92. The monoisotopic (exact) mass is 362 g/mol. The van der Waals surface area contributed by atoms with Gasteiger partial charge < -0.3 is 10.3 Å². The Hall–Kier alpha value is -2.11. The van der Waals surface area contributed by atoms with E-state index in [9.17, 15) is 4.79 Å². The summed E-state index contributed by atoms with van der Waals surface area (Å²) in [4.78, 5) is 24.2. The predicted molar refractivity (Wildman–Crippen MR) is 97.4 cm³/mol. The first-order valence-corrected chi connectivity index (χ1v) is 8.13. The molecule has 1 amide bonds. The van der Waals surface area contributed by atoms with Crippen molar-refractivity contribution in [1.82, 2.24) is 15.0 Å². The van der Waals surface area contributed by atoms with Gasteiger partial charge in [-0.3, -0.25) is 4.79 Å². The summed E-state index contributed by atoms with van der Waals surface area (Å²) in [5.74, 6) is 0.792. The third-order valence-corrected chi connectivity index (χ3v) is 4.14. The molecule has 0 radical (unpaired) electrons. The molecule has 3 rings (SSSR count). The smallest absolute Gasteiger partial charge is 0.230 e. The summed E-state index contributed by atoms with van der Waals surface area (Å²) in [6, 6.07) is 7.05. The van der Waals surface area contributed by atoms with E-state index in [1.165, 1.54) is 0 Å². The topological polar surface area (TPSA) is 70.7 Å². The minimum atomic E-state index is -0.533. The summed E-state index contributed by atoms with van der Waals surface area (Å²) in [6.07, 6.45) is 1.61. The highest BCUT2D eigenvalue weighted by Gasteiger charge is 2.23. The van der Waals surface area contributed by atoms with Gasteiger partial charge in [-0.15, -0.1) is 0 Å². The van der Waals surface area contributed by atoms with Crippen LogP contribution in [0.5, 0.6) is 0 Å². The minimum Gasteiger partial charge on any atom is -0.338 e. The van der Waals surface area contributed by atoms with Gasteiger partial charge in [-0.2, -0.15) is 0 Å². The molecule has 3 aromatic rings. The van der Waals surface area contributed by atoms with Crippen LogP contribution in [0.2, 0.25) is 10.0 Å². The highest BCUT2D eigenvalue weighted by atomic mass is 35.5. The summed E-state index contributed by atoms with van der Waals surface area (Å²) in [7, 11) is 0. The molecule has 5 nitrogen and oxygen atoms in total. The zero-order valence-electron chi connectivity index (χ0n) is 13.4. The molecule has 2 N–H and O–H groups in total. The largest absolute Gasteiger partial charge is 0.338 e. The molecule has 0 saturated heterocycles. The Morgan fingerprint density at radius 2 is 1.83 bits per heavy atom. The number of hydrogen-bond donors (Lipinski definition) is 2. The molecule has 2 heterocycles. The maximum absolute atomic E-state index is 12.2. The molecule has 7 heteroatoms. The Bertz CT molecular complexity index is 908. The third kappa shape index (κ3) is 3.09. The summed E-state index contributed by atoms with van der Waals surface area (Å²) in [5.41, 5.74) is 1.38. The van der Waals surface area contributed by atoms with Crippen molar-refractivity contribution in [1.29, 1.82) is 0 Å². The van der Waals surface area contributed by atoms with Gasteiger partial charge in [0, 0.05) is 11.6 Å². The molecule has 0 unspecified atom stereocenters. The number of benzene rings is 1. The second kappa shape index (κ2) is 6.07. The Kier molecular flexibility index (Phi) is 4.24. The molecular formula is C17H16Cl2N4O. The maximum atomic E-state index is 12.2. The van der Waals surface area contributed by atoms with Crippen molar-refractivity contribution in [3.8, 4) is 11.4 Å². The van der Waals surface area contributed by atoms with Crippen molar-refractivity contribution in [2.24, 2.45) is 5.41 Å². The molecular weight excluding hydrogens is 347 g/mol. The van der Waals surface area contributed by atoms with Gasteiger partial charge in [0.15, 0.2) is 5.82 Å². The van der Waals surface area contributed by atoms with Crippen molar-refractivity contribution in [3.63, 3.8) is 0 Å². The Labute approximate surface area is 149 Å². The van der Waals surface area contributed by atoms with Crippen molar-refractivity contribution >= 4 is 46.0 Å². The normalized spacial score (nSPS) is 11.7. The van der Waals surface area contributed by atoms with Crippen LogP contribution in [0.4, 0.5) is 5.82 Å². The van der Waals surface area contributed by atoms with Crippen LogP contribution in [0.3, 0.4) is 0 Å². The fourth-order valence-corrected chi connectivity index (χ4v) is 2.74. The van der Waals surface area contributed by atoms with Gasteiger partial charge in [0.05, 0.1) is 21.1 Å². The zero-order valence-corrected chi connectivity index (χ0v) is 15.0. The van der Waals surface area contributed by atoms with Gasteiger partial charge in [0.25, 0.3) is 0 Å². The average molecular weight is 363 g/mol. The number of hydrogen-bond acceptors (Lipinski definition) is 3. The standard InChI is InChI=1S/C17H16Cl2N4O/c1-17(2,3)16(24)23-15-13-11(7-8-20-15)21-14(22-13)12-9(18)5-4-6-10(12)19/h4-8H,1-3H3,(H,21,22)(H,20,23,24). The molecule has 124 valence electrons. The number of rotatable bonds is 2. The molecule has 0 fully saturated rings. The number of pyridine rings is 1. The number of nitrogens with zero attached hydrogens (tertiary/aromatic N) is 2. The van der Waals surface area contributed by atoms with E-state index in [1.807, 2.05) is 20.8 Å². The van der Waals surface area contributed by atoms with Crippen LogP contribution >= 0.6 is 23.2 Å². The van der Waals surface area contributed by atoms with Crippen LogP contribution in [0.15, 0.2) is 30.5 Å². The van der Waals surface area contributed by atoms with Crippen LogP contribution in [0.25, 0.3) is 22.4 Å². The second-order valence-electron chi connectivity index (χ2n) is 6.44. The van der Waals surface area contributed by atoms with Crippen LogP contribution in [-0.2, 0) is 4.79 Å². The lowest BCUT2D eigenvalue weighted by Gasteiger charge is -2.17. The number of imidazole rings is 1. The van der Waals surface area contributed by atoms with Crippen LogP contribution < -0.4 is 5.32 Å². The number of aromatic nitrogens is 3. The first kappa shape index (κ1) is 16.7. The fourth-order valence-electron chi connectivity index (χ4n) is 2.16. The van der Waals surface area contributed by atoms with E-state index < -0.39 is 5.41 Å². The molecule has 0 aliphatic rings. The number of halogens is 2.